The third kappa shape index (κ3) is 2.43. The summed E-state index contributed by atoms with van der Waals surface area (Å²) < 4.78 is 6.74. The Morgan fingerprint density at radius 2 is 1.80 bits per heavy atom. The van der Waals surface area contributed by atoms with Crippen molar-refractivity contribution in [2.24, 2.45) is 11.3 Å². The molecule has 0 aliphatic heterocycles. The van der Waals surface area contributed by atoms with Gasteiger partial charge in [0.05, 0.1) is 6.10 Å². The van der Waals surface area contributed by atoms with Gasteiger partial charge in [0.15, 0.2) is 14.1 Å². The van der Waals surface area contributed by atoms with E-state index >= 15 is 0 Å². The highest BCUT2D eigenvalue weighted by Gasteiger charge is 2.52. The van der Waals surface area contributed by atoms with E-state index in [-0.39, 0.29) is 16.6 Å². The minimum Gasteiger partial charge on any atom is -0.410 e. The van der Waals surface area contributed by atoms with Gasteiger partial charge in [-0.3, -0.25) is 4.79 Å². The van der Waals surface area contributed by atoms with Gasteiger partial charge < -0.3 is 4.43 Å². The summed E-state index contributed by atoms with van der Waals surface area (Å²) in [4.78, 5) is 12.0. The van der Waals surface area contributed by atoms with Crippen molar-refractivity contribution in [2.45, 2.75) is 78.6 Å². The van der Waals surface area contributed by atoms with E-state index in [4.69, 9.17) is 4.43 Å². The quantitative estimate of drug-likeness (QED) is 0.689. The maximum atomic E-state index is 12.0. The lowest BCUT2D eigenvalue weighted by Gasteiger charge is -2.42. The van der Waals surface area contributed by atoms with Crippen molar-refractivity contribution >= 4 is 14.1 Å². The van der Waals surface area contributed by atoms with Gasteiger partial charge in [0.2, 0.25) is 0 Å². The van der Waals surface area contributed by atoms with Crippen LogP contribution in [0.5, 0.6) is 0 Å². The normalized spacial score (nSPS) is 30.1. The van der Waals surface area contributed by atoms with E-state index in [1.807, 2.05) is 6.92 Å². The molecule has 0 bridgehead atoms. The maximum Gasteiger partial charge on any atom is 0.192 e. The molecule has 2 aliphatic carbocycles. The summed E-state index contributed by atoms with van der Waals surface area (Å²) in [7, 11) is -1.82. The number of Topliss-reactive ketones (excluding diaryl/α,β-unsaturated/α-hetero) is 1. The summed E-state index contributed by atoms with van der Waals surface area (Å²) in [5, 5.41) is 0.207. The van der Waals surface area contributed by atoms with Gasteiger partial charge >= 0.3 is 0 Å². The van der Waals surface area contributed by atoms with Crippen LogP contribution in [0.2, 0.25) is 18.1 Å². The van der Waals surface area contributed by atoms with Gasteiger partial charge in [0.25, 0.3) is 0 Å². The lowest BCUT2D eigenvalue weighted by molar-refractivity contribution is -0.115. The highest BCUT2D eigenvalue weighted by atomic mass is 28.4. The molecular formula is C17H30O2Si. The van der Waals surface area contributed by atoms with Gasteiger partial charge in [0.1, 0.15) is 0 Å². The Morgan fingerprint density at radius 1 is 1.25 bits per heavy atom. The van der Waals surface area contributed by atoms with E-state index in [0.717, 1.165) is 12.0 Å². The summed E-state index contributed by atoms with van der Waals surface area (Å²) in [6.45, 7) is 18.0. The van der Waals surface area contributed by atoms with Crippen molar-refractivity contribution in [1.29, 1.82) is 0 Å². The van der Waals surface area contributed by atoms with Crippen LogP contribution in [0.3, 0.4) is 0 Å². The number of hydrogen-bond donors (Lipinski definition) is 0. The summed E-state index contributed by atoms with van der Waals surface area (Å²) in [6.07, 6.45) is 1.94. The van der Waals surface area contributed by atoms with Crippen LogP contribution in [0.25, 0.3) is 0 Å². The first-order chi connectivity index (χ1) is 8.87. The van der Waals surface area contributed by atoms with E-state index in [2.05, 4.69) is 47.7 Å². The largest absolute Gasteiger partial charge is 0.410 e. The molecule has 114 valence electrons. The van der Waals surface area contributed by atoms with Crippen LogP contribution in [-0.4, -0.2) is 20.2 Å². The first kappa shape index (κ1) is 16.0. The lowest BCUT2D eigenvalue weighted by atomic mass is 9.86. The average Bonchev–Trinajstić information content (AvgIpc) is 2.61. The van der Waals surface area contributed by atoms with Crippen molar-refractivity contribution in [3.63, 3.8) is 0 Å². The van der Waals surface area contributed by atoms with Crippen LogP contribution in [0.1, 0.15) is 54.4 Å². The second kappa shape index (κ2) is 4.54. The summed E-state index contributed by atoms with van der Waals surface area (Å²) in [5.41, 5.74) is 2.46. The molecule has 1 fully saturated rings. The minimum absolute atomic E-state index is 0.139. The third-order valence-corrected chi connectivity index (χ3v) is 10.1. The van der Waals surface area contributed by atoms with E-state index in [1.54, 1.807) is 0 Å². The van der Waals surface area contributed by atoms with E-state index in [9.17, 15) is 4.79 Å². The number of hydrogen-bond acceptors (Lipinski definition) is 2. The average molecular weight is 295 g/mol. The molecule has 2 atom stereocenters. The molecule has 0 radical (unpaired) electrons. The topological polar surface area (TPSA) is 26.3 Å². The number of rotatable bonds is 2. The van der Waals surface area contributed by atoms with E-state index in [1.165, 1.54) is 5.57 Å². The highest BCUT2D eigenvalue weighted by Crippen LogP contribution is 2.54. The molecule has 0 aromatic heterocycles. The summed E-state index contributed by atoms with van der Waals surface area (Å²) in [5.74, 6) is 0.775. The van der Waals surface area contributed by atoms with Crippen LogP contribution in [0.15, 0.2) is 11.1 Å². The number of carbonyl (C=O) groups excluding carboxylic acids is 1. The minimum atomic E-state index is -1.82. The predicted molar refractivity (Wildman–Crippen MR) is 86.3 cm³/mol. The Labute approximate surface area is 125 Å². The van der Waals surface area contributed by atoms with Crippen LogP contribution in [-0.2, 0) is 9.22 Å². The number of allylic oxidation sites excluding steroid dienone is 1. The molecule has 0 N–H and O–H groups in total. The fourth-order valence-electron chi connectivity index (χ4n) is 3.40. The zero-order valence-electron chi connectivity index (χ0n) is 14.4. The van der Waals surface area contributed by atoms with Gasteiger partial charge in [-0.15, -0.1) is 0 Å². The second-order valence-electron chi connectivity index (χ2n) is 8.86. The molecule has 0 unspecified atom stereocenters. The maximum absolute atomic E-state index is 12.0. The van der Waals surface area contributed by atoms with Gasteiger partial charge in [-0.2, -0.15) is 0 Å². The Bertz CT molecular complexity index is 466. The first-order valence-corrected chi connectivity index (χ1v) is 10.7. The molecule has 0 aromatic rings. The molecule has 0 spiro atoms. The molecule has 0 heterocycles. The fraction of sp³-hybridized carbons (Fsp3) is 0.824. The van der Waals surface area contributed by atoms with Crippen LogP contribution in [0, 0.1) is 11.3 Å². The summed E-state index contributed by atoms with van der Waals surface area (Å²) in [6, 6.07) is 0. The molecule has 2 nitrogen and oxygen atoms in total. The Balaban J connectivity index is 2.37. The van der Waals surface area contributed by atoms with Gasteiger partial charge in [-0.1, -0.05) is 34.6 Å². The monoisotopic (exact) mass is 294 g/mol. The number of fused-ring (bicyclic) bond motifs is 1. The molecule has 20 heavy (non-hydrogen) atoms. The van der Waals surface area contributed by atoms with Crippen molar-refractivity contribution in [3.05, 3.63) is 11.1 Å². The van der Waals surface area contributed by atoms with E-state index in [0.29, 0.717) is 18.1 Å². The number of ketones is 1. The smallest absolute Gasteiger partial charge is 0.192 e. The fourth-order valence-corrected chi connectivity index (χ4v) is 4.79. The van der Waals surface area contributed by atoms with Gasteiger partial charge in [0, 0.05) is 6.42 Å². The molecule has 0 aromatic carbocycles. The number of carbonyl (C=O) groups is 1. The molecule has 1 saturated carbocycles. The summed E-state index contributed by atoms with van der Waals surface area (Å²) >= 11 is 0. The molecular weight excluding hydrogens is 264 g/mol. The van der Waals surface area contributed by atoms with Crippen molar-refractivity contribution in [3.8, 4) is 0 Å². The van der Waals surface area contributed by atoms with E-state index < -0.39 is 8.32 Å². The van der Waals surface area contributed by atoms with Gasteiger partial charge in [-0.25, -0.2) is 0 Å². The van der Waals surface area contributed by atoms with Crippen molar-refractivity contribution in [2.75, 3.05) is 0 Å². The standard InChI is InChI=1S/C17H30O2Si/c1-11-13(18)9-12-10-17(5,6)15(14(11)12)19-20(7,8)16(2,3)4/h12,15H,9-10H2,1-8H3/t12-,15-/m0/s1. The van der Waals surface area contributed by atoms with Crippen LogP contribution in [0.4, 0.5) is 0 Å². The Kier molecular flexibility index (Phi) is 3.62. The Morgan fingerprint density at radius 3 is 2.30 bits per heavy atom. The van der Waals surface area contributed by atoms with Crippen LogP contribution >= 0.6 is 0 Å². The highest BCUT2D eigenvalue weighted by molar-refractivity contribution is 6.74. The van der Waals surface area contributed by atoms with Gasteiger partial charge in [-0.05, 0) is 54.0 Å². The van der Waals surface area contributed by atoms with Crippen molar-refractivity contribution < 1.29 is 9.22 Å². The molecule has 2 aliphatic rings. The predicted octanol–water partition coefficient (Wildman–Crippen LogP) is 4.71. The SMILES string of the molecule is CC1=C2[C@@H](CC1=O)CC(C)(C)[C@H]2O[Si](C)(C)C(C)(C)C. The Hall–Kier alpha value is -0.413. The molecule has 3 heteroatoms. The zero-order valence-corrected chi connectivity index (χ0v) is 15.4. The zero-order chi connectivity index (χ0) is 15.5. The second-order valence-corrected chi connectivity index (χ2v) is 13.6. The molecule has 0 amide bonds. The van der Waals surface area contributed by atoms with Crippen molar-refractivity contribution in [1.82, 2.24) is 0 Å². The lowest BCUT2D eigenvalue weighted by Crippen LogP contribution is -2.47. The van der Waals surface area contributed by atoms with Crippen LogP contribution < -0.4 is 0 Å². The third-order valence-electron chi connectivity index (χ3n) is 5.71. The molecule has 2 rings (SSSR count). The first-order valence-electron chi connectivity index (χ1n) is 7.78. The molecule has 0 saturated heterocycles.